The van der Waals surface area contributed by atoms with E-state index in [-0.39, 0.29) is 11.6 Å². The van der Waals surface area contributed by atoms with Gasteiger partial charge in [-0.1, -0.05) is 29.8 Å². The molecule has 5 heteroatoms. The molecule has 102 valence electrons. The number of hydrogen-bond donors (Lipinski definition) is 2. The van der Waals surface area contributed by atoms with Gasteiger partial charge in [-0.05, 0) is 35.6 Å². The van der Waals surface area contributed by atoms with E-state index >= 15 is 0 Å². The highest BCUT2D eigenvalue weighted by Gasteiger charge is 2.21. The highest BCUT2D eigenvalue weighted by atomic mass is 35.5. The molecule has 0 fully saturated rings. The maximum Gasteiger partial charge on any atom is 0.202 e. The Balaban J connectivity index is 2.17. The van der Waals surface area contributed by atoms with Gasteiger partial charge in [0.2, 0.25) is 5.88 Å². The van der Waals surface area contributed by atoms with Gasteiger partial charge in [0.05, 0.1) is 10.4 Å². The summed E-state index contributed by atoms with van der Waals surface area (Å²) >= 11 is 7.60. The molecule has 3 rings (SSSR count). The van der Waals surface area contributed by atoms with Gasteiger partial charge < -0.3 is 15.3 Å². The molecule has 0 aliphatic carbocycles. The summed E-state index contributed by atoms with van der Waals surface area (Å²) in [7, 11) is 0. The SMILES string of the molecule is Cc1ccc(-c2c(N)oc(-c3cccs3)c2O)cc1Cl. The van der Waals surface area contributed by atoms with Crippen LogP contribution < -0.4 is 5.73 Å². The molecule has 0 atom stereocenters. The number of rotatable bonds is 2. The molecule has 3 nitrogen and oxygen atoms in total. The van der Waals surface area contributed by atoms with Crippen molar-refractivity contribution >= 4 is 28.8 Å². The number of thiophene rings is 1. The van der Waals surface area contributed by atoms with Crippen LogP contribution in [0.1, 0.15) is 5.56 Å². The van der Waals surface area contributed by atoms with Crippen LogP contribution >= 0.6 is 22.9 Å². The van der Waals surface area contributed by atoms with Crippen LogP contribution in [0.4, 0.5) is 5.88 Å². The van der Waals surface area contributed by atoms with E-state index in [0.717, 1.165) is 16.0 Å². The summed E-state index contributed by atoms with van der Waals surface area (Å²) in [5, 5.41) is 12.9. The Hall–Kier alpha value is -1.91. The topological polar surface area (TPSA) is 59.4 Å². The van der Waals surface area contributed by atoms with Crippen LogP contribution in [0.3, 0.4) is 0 Å². The number of halogens is 1. The van der Waals surface area contributed by atoms with Gasteiger partial charge in [0.25, 0.3) is 0 Å². The number of aryl methyl sites for hydroxylation is 1. The summed E-state index contributed by atoms with van der Waals surface area (Å²) in [6.07, 6.45) is 0. The minimum atomic E-state index is 0.0462. The molecule has 0 saturated heterocycles. The van der Waals surface area contributed by atoms with E-state index < -0.39 is 0 Å². The molecule has 3 aromatic rings. The summed E-state index contributed by atoms with van der Waals surface area (Å²) in [5.74, 6) is 0.625. The first-order valence-electron chi connectivity index (χ1n) is 5.99. The van der Waals surface area contributed by atoms with Gasteiger partial charge >= 0.3 is 0 Å². The highest BCUT2D eigenvalue weighted by molar-refractivity contribution is 7.13. The summed E-state index contributed by atoms with van der Waals surface area (Å²) in [5.41, 5.74) is 8.09. The third kappa shape index (κ3) is 2.07. The average molecular weight is 306 g/mol. The number of furan rings is 1. The lowest BCUT2D eigenvalue weighted by atomic mass is 10.0. The number of hydrogen-bond acceptors (Lipinski definition) is 4. The zero-order chi connectivity index (χ0) is 14.3. The standard InChI is InChI=1S/C15H12ClNO2S/c1-8-4-5-9(7-10(8)16)12-13(18)14(19-15(12)17)11-3-2-6-20-11/h2-7,18H,17H2,1H3. The van der Waals surface area contributed by atoms with Gasteiger partial charge in [0.1, 0.15) is 0 Å². The molecule has 2 aromatic heterocycles. The predicted octanol–water partition coefficient (Wildman–Crippen LogP) is 4.92. The van der Waals surface area contributed by atoms with E-state index in [1.54, 1.807) is 6.07 Å². The summed E-state index contributed by atoms with van der Waals surface area (Å²) in [6.45, 7) is 1.92. The number of anilines is 1. The Kier molecular flexibility index (Phi) is 3.20. The van der Waals surface area contributed by atoms with E-state index in [1.807, 2.05) is 36.6 Å². The molecule has 0 bridgehead atoms. The first-order chi connectivity index (χ1) is 9.58. The first kappa shape index (κ1) is 13.1. The fourth-order valence-electron chi connectivity index (χ4n) is 2.04. The molecule has 0 amide bonds. The molecular formula is C15H12ClNO2S. The fraction of sp³-hybridized carbons (Fsp3) is 0.0667. The highest BCUT2D eigenvalue weighted by Crippen LogP contribution is 2.46. The zero-order valence-electron chi connectivity index (χ0n) is 10.7. The quantitative estimate of drug-likeness (QED) is 0.706. The predicted molar refractivity (Wildman–Crippen MR) is 83.3 cm³/mol. The van der Waals surface area contributed by atoms with Gasteiger partial charge in [0, 0.05) is 5.02 Å². The van der Waals surface area contributed by atoms with Crippen molar-refractivity contribution in [1.29, 1.82) is 0 Å². The lowest BCUT2D eigenvalue weighted by Gasteiger charge is -2.03. The molecule has 2 heterocycles. The molecule has 0 radical (unpaired) electrons. The van der Waals surface area contributed by atoms with Crippen LogP contribution in [0, 0.1) is 6.92 Å². The van der Waals surface area contributed by atoms with Crippen LogP contribution in [0.5, 0.6) is 5.75 Å². The monoisotopic (exact) mass is 305 g/mol. The molecule has 0 aliphatic rings. The van der Waals surface area contributed by atoms with Crippen LogP contribution in [-0.2, 0) is 0 Å². The van der Waals surface area contributed by atoms with Crippen LogP contribution in [0.25, 0.3) is 21.8 Å². The van der Waals surface area contributed by atoms with Gasteiger partial charge in [-0.15, -0.1) is 11.3 Å². The van der Waals surface area contributed by atoms with E-state index in [9.17, 15) is 5.11 Å². The number of nitrogen functional groups attached to an aromatic ring is 1. The molecule has 0 spiro atoms. The van der Waals surface area contributed by atoms with Crippen molar-refractivity contribution in [2.45, 2.75) is 6.92 Å². The van der Waals surface area contributed by atoms with Gasteiger partial charge in [-0.2, -0.15) is 0 Å². The fourth-order valence-corrected chi connectivity index (χ4v) is 2.93. The molecular weight excluding hydrogens is 294 g/mol. The summed E-state index contributed by atoms with van der Waals surface area (Å²) in [6, 6.07) is 9.28. The van der Waals surface area contributed by atoms with Crippen LogP contribution in [0.15, 0.2) is 40.1 Å². The summed E-state index contributed by atoms with van der Waals surface area (Å²) in [4.78, 5) is 0.832. The van der Waals surface area contributed by atoms with Gasteiger partial charge in [0.15, 0.2) is 11.5 Å². The van der Waals surface area contributed by atoms with E-state index in [4.69, 9.17) is 21.8 Å². The maximum atomic E-state index is 10.4. The van der Waals surface area contributed by atoms with Crippen molar-refractivity contribution in [2.75, 3.05) is 5.73 Å². The van der Waals surface area contributed by atoms with Crippen LogP contribution in [0.2, 0.25) is 5.02 Å². The molecule has 3 N–H and O–H groups in total. The Bertz CT molecular complexity index is 763. The number of nitrogens with two attached hydrogens (primary N) is 1. The van der Waals surface area contributed by atoms with Crippen molar-refractivity contribution in [1.82, 2.24) is 0 Å². The molecule has 0 aliphatic heterocycles. The summed E-state index contributed by atoms with van der Waals surface area (Å²) < 4.78 is 5.51. The van der Waals surface area contributed by atoms with E-state index in [1.165, 1.54) is 11.3 Å². The van der Waals surface area contributed by atoms with Crippen LogP contribution in [-0.4, -0.2) is 5.11 Å². The Labute approximate surface area is 125 Å². The zero-order valence-corrected chi connectivity index (χ0v) is 12.3. The Morgan fingerprint density at radius 1 is 1.30 bits per heavy atom. The Morgan fingerprint density at radius 3 is 2.75 bits per heavy atom. The minimum Gasteiger partial charge on any atom is -0.504 e. The second-order valence-corrected chi connectivity index (χ2v) is 5.82. The van der Waals surface area contributed by atoms with Crippen molar-refractivity contribution < 1.29 is 9.52 Å². The van der Waals surface area contributed by atoms with Gasteiger partial charge in [-0.3, -0.25) is 0 Å². The number of aromatic hydroxyl groups is 1. The largest absolute Gasteiger partial charge is 0.504 e. The molecule has 20 heavy (non-hydrogen) atoms. The smallest absolute Gasteiger partial charge is 0.202 e. The third-order valence-electron chi connectivity index (χ3n) is 3.12. The van der Waals surface area contributed by atoms with E-state index in [2.05, 4.69) is 0 Å². The number of benzene rings is 1. The van der Waals surface area contributed by atoms with Crippen molar-refractivity contribution in [3.63, 3.8) is 0 Å². The normalized spacial score (nSPS) is 10.9. The minimum absolute atomic E-state index is 0.0462. The van der Waals surface area contributed by atoms with Crippen molar-refractivity contribution in [2.24, 2.45) is 0 Å². The lowest BCUT2D eigenvalue weighted by molar-refractivity contribution is 0.467. The van der Waals surface area contributed by atoms with E-state index in [0.29, 0.717) is 16.3 Å². The second-order valence-electron chi connectivity index (χ2n) is 4.46. The first-order valence-corrected chi connectivity index (χ1v) is 7.25. The maximum absolute atomic E-state index is 10.4. The molecule has 1 aromatic carbocycles. The van der Waals surface area contributed by atoms with Gasteiger partial charge in [-0.25, -0.2) is 0 Å². The molecule has 0 unspecified atom stereocenters. The lowest BCUT2D eigenvalue weighted by Crippen LogP contribution is -1.86. The second kappa shape index (κ2) is 4.89. The van der Waals surface area contributed by atoms with Crippen molar-refractivity contribution in [3.05, 3.63) is 46.3 Å². The molecule has 0 saturated carbocycles. The Morgan fingerprint density at radius 2 is 2.10 bits per heavy atom. The third-order valence-corrected chi connectivity index (χ3v) is 4.39. The average Bonchev–Trinajstić information content (AvgIpc) is 3.02. The van der Waals surface area contributed by atoms with Crippen molar-refractivity contribution in [3.8, 4) is 27.5 Å².